The number of para-hydroxylation sites is 2. The van der Waals surface area contributed by atoms with Crippen LogP contribution in [0.1, 0.15) is 38.4 Å². The van der Waals surface area contributed by atoms with Crippen molar-refractivity contribution in [2.75, 3.05) is 0 Å². The van der Waals surface area contributed by atoms with Crippen LogP contribution < -0.4 is 0 Å². The van der Waals surface area contributed by atoms with Gasteiger partial charge in [-0.05, 0) is 53.4 Å². The fourth-order valence-corrected chi connectivity index (χ4v) is 5.38. The van der Waals surface area contributed by atoms with E-state index in [-0.39, 0.29) is 0 Å². The number of furan rings is 1. The molecule has 0 aliphatic heterocycles. The fourth-order valence-electron chi connectivity index (χ4n) is 5.38. The van der Waals surface area contributed by atoms with E-state index < -0.39 is 264 Å². The molecule has 0 bridgehead atoms. The Balaban J connectivity index is 1.44. The van der Waals surface area contributed by atoms with Crippen LogP contribution in [0.25, 0.3) is 94.7 Å². The summed E-state index contributed by atoms with van der Waals surface area (Å²) >= 11 is 0. The SMILES string of the molecule is [2H]c1c([2H])c([2H])c(-c2nc(-c3c([2H])c([2H])c([2H])c([2H])c3[2H])nc(-c3c([2H])c([2H])c([2H])c4c5c([2H])c([2H])c([2H])c([2H])c5n(-c5c([2H])c([2H])c6oc7c([2H])c(-c8c([2H])c([2H])c([2H])c([2H])c8[2H])c([2H])c([2H])c7c6c5[2H])c34)n2)c([2H])c1[2H]. The summed E-state index contributed by atoms with van der Waals surface area (Å²) in [5.74, 6) is -2.61. The summed E-state index contributed by atoms with van der Waals surface area (Å²) in [6.45, 7) is 0. The molecule has 0 fully saturated rings. The van der Waals surface area contributed by atoms with Gasteiger partial charge in [0.1, 0.15) is 11.2 Å². The van der Waals surface area contributed by atoms with Crippen LogP contribution in [0.3, 0.4) is 0 Å². The summed E-state index contributed by atoms with van der Waals surface area (Å²) < 4.78 is 254. The van der Waals surface area contributed by atoms with Gasteiger partial charge in [-0.15, -0.1) is 0 Å². The second-order valence-corrected chi connectivity index (χ2v) is 10.3. The van der Waals surface area contributed by atoms with E-state index in [0.29, 0.717) is 0 Å². The van der Waals surface area contributed by atoms with Crippen LogP contribution >= 0.6 is 0 Å². The Bertz CT molecular complexity index is 4320. The van der Waals surface area contributed by atoms with Gasteiger partial charge in [-0.1, -0.05) is 127 Å². The first-order valence-electron chi connectivity index (χ1n) is 28.4. The molecule has 0 unspecified atom stereocenters. The number of benzene rings is 7. The van der Waals surface area contributed by atoms with Crippen molar-refractivity contribution in [2.45, 2.75) is 0 Å². The van der Waals surface area contributed by atoms with Crippen LogP contribution in [0.2, 0.25) is 0 Å². The summed E-state index contributed by atoms with van der Waals surface area (Å²) in [6.07, 6.45) is 0. The van der Waals surface area contributed by atoms with Crippen LogP contribution in [-0.2, 0) is 0 Å². The van der Waals surface area contributed by atoms with Gasteiger partial charge in [0.05, 0.1) is 49.4 Å². The molecule has 7 aromatic carbocycles. The van der Waals surface area contributed by atoms with Crippen LogP contribution in [0, 0.1) is 0 Å². The third kappa shape index (κ3) is 4.60. The van der Waals surface area contributed by atoms with Gasteiger partial charge in [-0.3, -0.25) is 0 Å². The highest BCUT2D eigenvalue weighted by atomic mass is 16.3. The molecule has 0 aliphatic rings. The topological polar surface area (TPSA) is 56.7 Å². The lowest BCUT2D eigenvalue weighted by atomic mass is 10.0. The van der Waals surface area contributed by atoms with Crippen molar-refractivity contribution in [2.24, 2.45) is 0 Å². The number of aromatic nitrogens is 4. The second kappa shape index (κ2) is 11.4. The largest absolute Gasteiger partial charge is 0.456 e. The highest BCUT2D eigenvalue weighted by Crippen LogP contribution is 2.40. The van der Waals surface area contributed by atoms with E-state index in [1.165, 1.54) is 0 Å². The van der Waals surface area contributed by atoms with Crippen molar-refractivity contribution in [1.29, 1.82) is 0 Å². The molecular formula is C45H28N4O. The Morgan fingerprint density at radius 1 is 0.420 bits per heavy atom. The standard InChI is InChI=1S/C45H28N4O/c1-4-13-29(14-5-1)32-23-25-35-38-28-33(24-26-40(38)50-41(35)27-32)49-39-22-11-10-19-34(39)36-20-12-21-37(42(36)49)45-47-43(30-15-6-2-7-16-30)46-44(48-45)31-17-8-3-9-18-31/h1-28H/i1D,2D,3D,4D,5D,6D,7D,8D,9D,10D,11D,12D,13D,14D,15D,16D,17D,18D,19D,20D,21D,22D,23D,24D,25D,26D,27D,28D. The molecule has 10 aromatic rings. The van der Waals surface area contributed by atoms with E-state index in [2.05, 4.69) is 15.0 Å². The lowest BCUT2D eigenvalue weighted by Crippen LogP contribution is -2.02. The first-order chi connectivity index (χ1) is 36.4. The Labute approximate surface area is 327 Å². The van der Waals surface area contributed by atoms with E-state index in [9.17, 15) is 12.3 Å². The molecule has 5 nitrogen and oxygen atoms in total. The van der Waals surface area contributed by atoms with Crippen LogP contribution in [0.15, 0.2) is 174 Å². The van der Waals surface area contributed by atoms with Crippen LogP contribution in [0.5, 0.6) is 0 Å². The van der Waals surface area contributed by atoms with E-state index in [1.807, 2.05) is 0 Å². The minimum atomic E-state index is -1.03. The van der Waals surface area contributed by atoms with Crippen molar-refractivity contribution in [3.05, 3.63) is 169 Å². The Hall–Kier alpha value is -6.85. The van der Waals surface area contributed by atoms with Crippen LogP contribution in [0.4, 0.5) is 0 Å². The molecule has 0 spiro atoms. The van der Waals surface area contributed by atoms with Gasteiger partial charge in [-0.2, -0.15) is 0 Å². The zero-order valence-electron chi connectivity index (χ0n) is 52.7. The van der Waals surface area contributed by atoms with Gasteiger partial charge in [0, 0.05) is 43.9 Å². The molecule has 0 amide bonds. The summed E-state index contributed by atoms with van der Waals surface area (Å²) in [5.41, 5.74) is -7.19. The van der Waals surface area contributed by atoms with Crippen molar-refractivity contribution < 1.29 is 42.8 Å². The van der Waals surface area contributed by atoms with Crippen molar-refractivity contribution in [1.82, 2.24) is 19.5 Å². The Kier molecular flexibility index (Phi) is 2.72. The highest BCUT2D eigenvalue weighted by molar-refractivity contribution is 6.14. The smallest absolute Gasteiger partial charge is 0.166 e. The molecule has 234 valence electrons. The molecule has 3 aromatic heterocycles. The van der Waals surface area contributed by atoms with Crippen molar-refractivity contribution in [3.63, 3.8) is 0 Å². The minimum Gasteiger partial charge on any atom is -0.456 e. The molecule has 0 N–H and O–H groups in total. The molecular weight excluding hydrogens is 613 g/mol. The number of rotatable bonds is 5. The van der Waals surface area contributed by atoms with Gasteiger partial charge in [0.15, 0.2) is 17.5 Å². The highest BCUT2D eigenvalue weighted by Gasteiger charge is 2.20. The van der Waals surface area contributed by atoms with E-state index in [0.717, 1.165) is 4.57 Å². The third-order valence-electron chi connectivity index (χ3n) is 7.49. The molecule has 50 heavy (non-hydrogen) atoms. The molecule has 0 saturated carbocycles. The Morgan fingerprint density at radius 2 is 1.04 bits per heavy atom. The van der Waals surface area contributed by atoms with Crippen molar-refractivity contribution >= 4 is 43.7 Å². The quantitative estimate of drug-likeness (QED) is 0.183. The van der Waals surface area contributed by atoms with Gasteiger partial charge in [0.2, 0.25) is 0 Å². The summed E-state index contributed by atoms with van der Waals surface area (Å²) in [6, 6.07) is -25.4. The van der Waals surface area contributed by atoms with Gasteiger partial charge in [-0.25, -0.2) is 15.0 Å². The van der Waals surface area contributed by atoms with Gasteiger partial charge < -0.3 is 8.98 Å². The third-order valence-corrected chi connectivity index (χ3v) is 7.49. The number of nitrogens with zero attached hydrogens (tertiary/aromatic N) is 4. The average molecular weight is 669 g/mol. The molecule has 0 aliphatic carbocycles. The molecule has 3 heterocycles. The summed E-state index contributed by atoms with van der Waals surface area (Å²) in [5, 5.41) is -2.34. The van der Waals surface area contributed by atoms with Crippen LogP contribution in [-0.4, -0.2) is 19.5 Å². The van der Waals surface area contributed by atoms with E-state index in [4.69, 9.17) is 30.5 Å². The average Bonchev–Trinajstić information content (AvgIpc) is 4.21. The normalized spacial score (nSPS) is 19.4. The molecule has 10 rings (SSSR count). The summed E-state index contributed by atoms with van der Waals surface area (Å²) in [7, 11) is 0. The first kappa shape index (κ1) is 11.9. The molecule has 0 saturated heterocycles. The number of hydrogen-bond donors (Lipinski definition) is 0. The fraction of sp³-hybridized carbons (Fsp3) is 0. The maximum atomic E-state index is 9.88. The second-order valence-electron chi connectivity index (χ2n) is 10.3. The monoisotopic (exact) mass is 668 g/mol. The van der Waals surface area contributed by atoms with Gasteiger partial charge >= 0.3 is 0 Å². The lowest BCUT2D eigenvalue weighted by Gasteiger charge is -2.13. The molecule has 5 heteroatoms. The zero-order chi connectivity index (χ0) is 57.4. The number of hydrogen-bond acceptors (Lipinski definition) is 4. The van der Waals surface area contributed by atoms with E-state index >= 15 is 0 Å². The predicted octanol–water partition coefficient (Wildman–Crippen LogP) is 11.5. The Morgan fingerprint density at radius 3 is 1.76 bits per heavy atom. The van der Waals surface area contributed by atoms with Crippen molar-refractivity contribution in [3.8, 4) is 51.0 Å². The summed E-state index contributed by atoms with van der Waals surface area (Å²) in [4.78, 5) is 13.0. The van der Waals surface area contributed by atoms with E-state index in [1.54, 1.807) is 0 Å². The zero-order valence-corrected chi connectivity index (χ0v) is 24.7. The first-order valence-corrected chi connectivity index (χ1v) is 14.4. The maximum absolute atomic E-state index is 9.88. The predicted molar refractivity (Wildman–Crippen MR) is 203 cm³/mol. The number of fused-ring (bicyclic) bond motifs is 6. The lowest BCUT2D eigenvalue weighted by molar-refractivity contribution is 0.669. The minimum absolute atomic E-state index is 0.557. The van der Waals surface area contributed by atoms with Gasteiger partial charge in [0.25, 0.3) is 0 Å². The molecule has 0 atom stereocenters. The molecule has 0 radical (unpaired) electrons. The maximum Gasteiger partial charge on any atom is 0.166 e.